The highest BCUT2D eigenvalue weighted by molar-refractivity contribution is 9.09. The molecule has 0 radical (unpaired) electrons. The second-order valence-electron chi connectivity index (χ2n) is 5.06. The van der Waals surface area contributed by atoms with Crippen molar-refractivity contribution < 1.29 is 0 Å². The van der Waals surface area contributed by atoms with Crippen LogP contribution >= 0.6 is 15.9 Å². The Balaban J connectivity index is 2.50. The van der Waals surface area contributed by atoms with Gasteiger partial charge in [-0.2, -0.15) is 0 Å². The summed E-state index contributed by atoms with van der Waals surface area (Å²) in [4.78, 5) is 0. The molecule has 0 N–H and O–H groups in total. The smallest absolute Gasteiger partial charge is 0.00340 e. The summed E-state index contributed by atoms with van der Waals surface area (Å²) in [5.74, 6) is 3.84. The van der Waals surface area contributed by atoms with E-state index in [4.69, 9.17) is 0 Å². The summed E-state index contributed by atoms with van der Waals surface area (Å²) in [6, 6.07) is 0. The Hall–Kier alpha value is 0.480. The summed E-state index contributed by atoms with van der Waals surface area (Å²) in [6.07, 6.45) is 5.78. The van der Waals surface area contributed by atoms with Crippen LogP contribution in [0, 0.1) is 23.7 Å². The van der Waals surface area contributed by atoms with E-state index >= 15 is 0 Å². The van der Waals surface area contributed by atoms with Gasteiger partial charge in [-0.3, -0.25) is 0 Å². The molecule has 0 aromatic carbocycles. The molecule has 0 nitrogen and oxygen atoms in total. The van der Waals surface area contributed by atoms with Crippen molar-refractivity contribution in [3.8, 4) is 0 Å². The van der Waals surface area contributed by atoms with Crippen LogP contribution in [-0.4, -0.2) is 5.33 Å². The highest BCUT2D eigenvalue weighted by atomic mass is 79.9. The van der Waals surface area contributed by atoms with E-state index in [-0.39, 0.29) is 0 Å². The van der Waals surface area contributed by atoms with Gasteiger partial charge in [-0.05, 0) is 42.9 Å². The van der Waals surface area contributed by atoms with Gasteiger partial charge in [0, 0.05) is 5.33 Å². The maximum Gasteiger partial charge on any atom is 0.00340 e. The molecule has 0 saturated heterocycles. The van der Waals surface area contributed by atoms with E-state index in [0.29, 0.717) is 0 Å². The molecule has 1 heteroatoms. The molecule has 1 fully saturated rings. The van der Waals surface area contributed by atoms with Crippen molar-refractivity contribution in [3.63, 3.8) is 0 Å². The highest BCUT2D eigenvalue weighted by Gasteiger charge is 2.29. The molecule has 0 aromatic heterocycles. The van der Waals surface area contributed by atoms with Gasteiger partial charge in [-0.15, -0.1) is 0 Å². The van der Waals surface area contributed by atoms with Crippen molar-refractivity contribution >= 4 is 15.9 Å². The molecule has 1 aliphatic rings. The van der Waals surface area contributed by atoms with Gasteiger partial charge in [0.2, 0.25) is 0 Å². The van der Waals surface area contributed by atoms with E-state index in [1.807, 2.05) is 0 Å². The van der Waals surface area contributed by atoms with E-state index in [1.165, 1.54) is 31.0 Å². The van der Waals surface area contributed by atoms with E-state index in [2.05, 4.69) is 36.7 Å². The molecule has 0 aromatic rings. The van der Waals surface area contributed by atoms with Crippen LogP contribution in [0.2, 0.25) is 0 Å². The van der Waals surface area contributed by atoms with Crippen LogP contribution in [0.3, 0.4) is 0 Å². The normalized spacial score (nSPS) is 35.3. The zero-order valence-electron chi connectivity index (χ0n) is 9.22. The number of hydrogen-bond acceptors (Lipinski definition) is 0. The average molecular weight is 247 g/mol. The molecular formula is C12H23Br. The van der Waals surface area contributed by atoms with E-state index in [0.717, 1.165) is 23.7 Å². The van der Waals surface area contributed by atoms with Crippen molar-refractivity contribution in [3.05, 3.63) is 0 Å². The molecule has 0 aliphatic heterocycles. The molecule has 13 heavy (non-hydrogen) atoms. The molecule has 0 spiro atoms. The van der Waals surface area contributed by atoms with Gasteiger partial charge in [0.15, 0.2) is 0 Å². The number of halogens is 1. The largest absolute Gasteiger partial charge is 0.0928 e. The number of alkyl halides is 1. The minimum atomic E-state index is 0.886. The van der Waals surface area contributed by atoms with E-state index in [9.17, 15) is 0 Å². The maximum atomic E-state index is 3.58. The Bertz CT molecular complexity index is 142. The lowest BCUT2D eigenvalue weighted by Gasteiger charge is -2.37. The fraction of sp³-hybridized carbons (Fsp3) is 1.00. The van der Waals surface area contributed by atoms with Crippen LogP contribution in [0.4, 0.5) is 0 Å². The molecule has 1 saturated carbocycles. The van der Waals surface area contributed by atoms with Crippen molar-refractivity contribution in [2.24, 2.45) is 23.7 Å². The first-order valence-electron chi connectivity index (χ1n) is 5.71. The van der Waals surface area contributed by atoms with Gasteiger partial charge < -0.3 is 0 Å². The van der Waals surface area contributed by atoms with Crippen LogP contribution in [0.5, 0.6) is 0 Å². The zero-order chi connectivity index (χ0) is 9.84. The van der Waals surface area contributed by atoms with E-state index < -0.39 is 0 Å². The summed E-state index contributed by atoms with van der Waals surface area (Å²) < 4.78 is 0. The van der Waals surface area contributed by atoms with Crippen LogP contribution in [0.1, 0.15) is 46.5 Å². The first kappa shape index (κ1) is 11.6. The van der Waals surface area contributed by atoms with Crippen LogP contribution < -0.4 is 0 Å². The summed E-state index contributed by atoms with van der Waals surface area (Å²) in [5, 5.41) is 1.19. The number of rotatable bonds is 3. The van der Waals surface area contributed by atoms with Gasteiger partial charge >= 0.3 is 0 Å². The second-order valence-corrected chi connectivity index (χ2v) is 5.86. The molecular weight excluding hydrogens is 224 g/mol. The molecule has 1 aliphatic carbocycles. The SMILES string of the molecule is CC1CCC(C(C)C)C(CCBr)C1. The minimum Gasteiger partial charge on any atom is -0.0928 e. The summed E-state index contributed by atoms with van der Waals surface area (Å²) in [6.45, 7) is 7.20. The fourth-order valence-corrected chi connectivity index (χ4v) is 3.46. The maximum absolute atomic E-state index is 3.58. The molecule has 0 heterocycles. The Morgan fingerprint density at radius 1 is 1.31 bits per heavy atom. The third-order valence-corrected chi connectivity index (χ3v) is 4.10. The average Bonchev–Trinajstić information content (AvgIpc) is 2.04. The minimum absolute atomic E-state index is 0.886. The lowest BCUT2D eigenvalue weighted by Crippen LogP contribution is -2.27. The fourth-order valence-electron chi connectivity index (χ4n) is 2.87. The van der Waals surface area contributed by atoms with Gasteiger partial charge in [0.05, 0.1) is 0 Å². The first-order chi connectivity index (χ1) is 6.15. The molecule has 0 bridgehead atoms. The van der Waals surface area contributed by atoms with Gasteiger partial charge in [-0.25, -0.2) is 0 Å². The Morgan fingerprint density at radius 2 is 2.00 bits per heavy atom. The lowest BCUT2D eigenvalue weighted by atomic mass is 9.69. The summed E-state index contributed by atoms with van der Waals surface area (Å²) in [7, 11) is 0. The molecule has 3 atom stereocenters. The van der Waals surface area contributed by atoms with E-state index in [1.54, 1.807) is 0 Å². The van der Waals surface area contributed by atoms with Crippen molar-refractivity contribution in [1.82, 2.24) is 0 Å². The summed E-state index contributed by atoms with van der Waals surface area (Å²) >= 11 is 3.58. The van der Waals surface area contributed by atoms with Crippen LogP contribution in [-0.2, 0) is 0 Å². The predicted molar refractivity (Wildman–Crippen MR) is 63.2 cm³/mol. The second kappa shape index (κ2) is 5.38. The predicted octanol–water partition coefficient (Wildman–Crippen LogP) is 4.48. The van der Waals surface area contributed by atoms with Crippen LogP contribution in [0.15, 0.2) is 0 Å². The first-order valence-corrected chi connectivity index (χ1v) is 6.83. The van der Waals surface area contributed by atoms with Gasteiger partial charge in [0.1, 0.15) is 0 Å². The van der Waals surface area contributed by atoms with Crippen molar-refractivity contribution in [2.45, 2.75) is 46.5 Å². The van der Waals surface area contributed by atoms with Crippen LogP contribution in [0.25, 0.3) is 0 Å². The topological polar surface area (TPSA) is 0 Å². The Labute approximate surface area is 91.6 Å². The quantitative estimate of drug-likeness (QED) is 0.645. The van der Waals surface area contributed by atoms with Crippen molar-refractivity contribution in [1.29, 1.82) is 0 Å². The van der Waals surface area contributed by atoms with Gasteiger partial charge in [0.25, 0.3) is 0 Å². The molecule has 3 unspecified atom stereocenters. The monoisotopic (exact) mass is 246 g/mol. The lowest BCUT2D eigenvalue weighted by molar-refractivity contribution is 0.142. The Kier molecular flexibility index (Phi) is 4.78. The molecule has 1 rings (SSSR count). The summed E-state index contributed by atoms with van der Waals surface area (Å²) in [5.41, 5.74) is 0. The Morgan fingerprint density at radius 3 is 2.54 bits per heavy atom. The molecule has 78 valence electrons. The van der Waals surface area contributed by atoms with Crippen molar-refractivity contribution in [2.75, 3.05) is 5.33 Å². The standard InChI is InChI=1S/C12H23Br/c1-9(2)12-5-4-10(3)8-11(12)6-7-13/h9-12H,4-8H2,1-3H3. The third-order valence-electron chi connectivity index (χ3n) is 3.64. The number of hydrogen-bond donors (Lipinski definition) is 0. The third kappa shape index (κ3) is 3.27. The zero-order valence-corrected chi connectivity index (χ0v) is 10.8. The molecule has 0 amide bonds. The van der Waals surface area contributed by atoms with Gasteiger partial charge in [-0.1, -0.05) is 43.1 Å². The highest BCUT2D eigenvalue weighted by Crippen LogP contribution is 2.39.